The monoisotopic (exact) mass is 323 g/mol. The molecule has 0 aliphatic heterocycles. The number of carbonyl (C=O) groups is 1. The Kier molecular flexibility index (Phi) is 5.00. The van der Waals surface area contributed by atoms with Crippen LogP contribution in [0.5, 0.6) is 0 Å². The van der Waals surface area contributed by atoms with Crippen molar-refractivity contribution in [2.45, 2.75) is 25.8 Å². The van der Waals surface area contributed by atoms with E-state index in [9.17, 15) is 4.79 Å². The van der Waals surface area contributed by atoms with Gasteiger partial charge in [-0.1, -0.05) is 55.5 Å². The predicted octanol–water partition coefficient (Wildman–Crippen LogP) is 4.28. The smallest absolute Gasteiger partial charge is 0.225 e. The van der Waals surface area contributed by atoms with Crippen molar-refractivity contribution in [2.24, 2.45) is 5.92 Å². The third-order valence-corrected chi connectivity index (χ3v) is 4.94. The lowest BCUT2D eigenvalue weighted by molar-refractivity contribution is -0.135. The fourth-order valence-electron chi connectivity index (χ4n) is 3.68. The van der Waals surface area contributed by atoms with Crippen LogP contribution in [-0.2, 0) is 9.53 Å². The van der Waals surface area contributed by atoms with E-state index in [0.717, 1.165) is 12.8 Å². The number of benzene rings is 2. The van der Waals surface area contributed by atoms with Gasteiger partial charge in [-0.05, 0) is 35.1 Å². The summed E-state index contributed by atoms with van der Waals surface area (Å²) in [6.07, 6.45) is 1.77. The van der Waals surface area contributed by atoms with Gasteiger partial charge in [-0.25, -0.2) is 0 Å². The van der Waals surface area contributed by atoms with Crippen LogP contribution in [0.25, 0.3) is 11.1 Å². The molecule has 2 aromatic rings. The topological polar surface area (TPSA) is 29.5 Å². The molecule has 3 heteroatoms. The van der Waals surface area contributed by atoms with E-state index >= 15 is 0 Å². The second-order valence-electron chi connectivity index (χ2n) is 6.56. The number of rotatable bonds is 6. The number of nitrogens with zero attached hydrogens (tertiary/aromatic N) is 1. The lowest BCUT2D eigenvalue weighted by atomic mass is 9.99. The molecule has 0 heterocycles. The van der Waals surface area contributed by atoms with E-state index < -0.39 is 0 Å². The molecule has 0 spiro atoms. The minimum absolute atomic E-state index is 0.00470. The van der Waals surface area contributed by atoms with Crippen LogP contribution in [0.2, 0.25) is 0 Å². The first-order chi connectivity index (χ1) is 11.6. The maximum Gasteiger partial charge on any atom is 0.225 e. The standard InChI is InChI=1S/C21H25NO2/c1-15(9-8-14-24-3)21(23)22(2)20-18-12-6-4-10-16(18)17-11-5-7-13-19(17)20/h4-7,10-13,15,20H,8-9,14H2,1-3H3/t15-/m0/s1. The second-order valence-corrected chi connectivity index (χ2v) is 6.56. The zero-order valence-corrected chi connectivity index (χ0v) is 14.7. The fraction of sp³-hybridized carbons (Fsp3) is 0.381. The Labute approximate surface area is 144 Å². The Hall–Kier alpha value is -2.13. The van der Waals surface area contributed by atoms with E-state index in [1.54, 1.807) is 7.11 Å². The van der Waals surface area contributed by atoms with E-state index in [1.165, 1.54) is 22.3 Å². The van der Waals surface area contributed by atoms with Crippen LogP contribution in [0.1, 0.15) is 36.9 Å². The molecule has 0 unspecified atom stereocenters. The molecule has 0 N–H and O–H groups in total. The van der Waals surface area contributed by atoms with E-state index in [-0.39, 0.29) is 17.9 Å². The predicted molar refractivity (Wildman–Crippen MR) is 96.8 cm³/mol. The van der Waals surface area contributed by atoms with Crippen molar-refractivity contribution in [1.82, 2.24) is 4.90 Å². The quantitative estimate of drug-likeness (QED) is 0.743. The van der Waals surface area contributed by atoms with Crippen LogP contribution in [0, 0.1) is 5.92 Å². The number of amides is 1. The zero-order valence-electron chi connectivity index (χ0n) is 14.7. The van der Waals surface area contributed by atoms with Gasteiger partial charge in [0.2, 0.25) is 5.91 Å². The SMILES string of the molecule is COCCC[C@H](C)C(=O)N(C)C1c2ccccc2-c2ccccc21. The number of fused-ring (bicyclic) bond motifs is 3. The van der Waals surface area contributed by atoms with Gasteiger partial charge in [-0.2, -0.15) is 0 Å². The van der Waals surface area contributed by atoms with Crippen LogP contribution >= 0.6 is 0 Å². The molecule has 1 aliphatic rings. The van der Waals surface area contributed by atoms with Crippen LogP contribution in [0.3, 0.4) is 0 Å². The lowest BCUT2D eigenvalue weighted by Gasteiger charge is -2.29. The molecular formula is C21H25NO2. The molecule has 24 heavy (non-hydrogen) atoms. The van der Waals surface area contributed by atoms with Gasteiger partial charge in [0.15, 0.2) is 0 Å². The van der Waals surface area contributed by atoms with E-state index in [2.05, 4.69) is 48.5 Å². The van der Waals surface area contributed by atoms with Crippen molar-refractivity contribution in [1.29, 1.82) is 0 Å². The molecule has 0 bridgehead atoms. The molecule has 2 aromatic carbocycles. The highest BCUT2D eigenvalue weighted by Crippen LogP contribution is 2.46. The summed E-state index contributed by atoms with van der Waals surface area (Å²) in [6, 6.07) is 16.8. The Bertz CT molecular complexity index is 680. The molecule has 0 saturated carbocycles. The van der Waals surface area contributed by atoms with Crippen molar-refractivity contribution >= 4 is 5.91 Å². The number of hydrogen-bond acceptors (Lipinski definition) is 2. The first-order valence-electron chi connectivity index (χ1n) is 8.59. The number of hydrogen-bond donors (Lipinski definition) is 0. The molecule has 1 atom stereocenters. The van der Waals surface area contributed by atoms with Gasteiger partial charge < -0.3 is 9.64 Å². The highest BCUT2D eigenvalue weighted by Gasteiger charge is 2.34. The maximum absolute atomic E-state index is 12.9. The second kappa shape index (κ2) is 7.18. The van der Waals surface area contributed by atoms with Gasteiger partial charge in [0, 0.05) is 26.7 Å². The average Bonchev–Trinajstić information content (AvgIpc) is 2.95. The third-order valence-electron chi connectivity index (χ3n) is 4.94. The molecule has 1 aliphatic carbocycles. The van der Waals surface area contributed by atoms with Crippen molar-refractivity contribution < 1.29 is 9.53 Å². The number of carbonyl (C=O) groups excluding carboxylic acids is 1. The van der Waals surface area contributed by atoms with Crippen LogP contribution in [-0.4, -0.2) is 31.6 Å². The summed E-state index contributed by atoms with van der Waals surface area (Å²) in [5.41, 5.74) is 4.92. The first kappa shape index (κ1) is 16.7. The molecular weight excluding hydrogens is 298 g/mol. The summed E-state index contributed by atoms with van der Waals surface area (Å²) in [7, 11) is 3.63. The molecule has 0 aromatic heterocycles. The highest BCUT2D eigenvalue weighted by atomic mass is 16.5. The van der Waals surface area contributed by atoms with Gasteiger partial charge in [-0.3, -0.25) is 4.79 Å². The summed E-state index contributed by atoms with van der Waals surface area (Å²) in [6.45, 7) is 2.72. The lowest BCUT2D eigenvalue weighted by Crippen LogP contribution is -2.35. The molecule has 3 nitrogen and oxygen atoms in total. The Morgan fingerprint density at radius 1 is 1.08 bits per heavy atom. The summed E-state index contributed by atoms with van der Waals surface area (Å²) in [5, 5.41) is 0. The molecule has 0 radical (unpaired) electrons. The Morgan fingerprint density at radius 3 is 2.17 bits per heavy atom. The molecule has 0 fully saturated rings. The third kappa shape index (κ3) is 2.96. The van der Waals surface area contributed by atoms with Gasteiger partial charge >= 0.3 is 0 Å². The van der Waals surface area contributed by atoms with Crippen LogP contribution < -0.4 is 0 Å². The summed E-state index contributed by atoms with van der Waals surface area (Å²) in [5.74, 6) is 0.202. The summed E-state index contributed by atoms with van der Waals surface area (Å²) >= 11 is 0. The van der Waals surface area contributed by atoms with Crippen LogP contribution in [0.4, 0.5) is 0 Å². The van der Waals surface area contributed by atoms with Gasteiger partial charge in [0.1, 0.15) is 0 Å². The fourth-order valence-corrected chi connectivity index (χ4v) is 3.68. The Morgan fingerprint density at radius 2 is 1.62 bits per heavy atom. The van der Waals surface area contributed by atoms with Crippen molar-refractivity contribution in [3.8, 4) is 11.1 Å². The van der Waals surface area contributed by atoms with E-state index in [4.69, 9.17) is 4.74 Å². The summed E-state index contributed by atoms with van der Waals surface area (Å²) < 4.78 is 5.10. The van der Waals surface area contributed by atoms with Gasteiger partial charge in [0.05, 0.1) is 6.04 Å². The van der Waals surface area contributed by atoms with Crippen LogP contribution in [0.15, 0.2) is 48.5 Å². The first-order valence-corrected chi connectivity index (χ1v) is 8.59. The van der Waals surface area contributed by atoms with E-state index in [0.29, 0.717) is 6.61 Å². The largest absolute Gasteiger partial charge is 0.385 e. The molecule has 1 amide bonds. The molecule has 126 valence electrons. The minimum atomic E-state index is 0.00470. The van der Waals surface area contributed by atoms with Crippen molar-refractivity contribution in [2.75, 3.05) is 20.8 Å². The highest BCUT2D eigenvalue weighted by molar-refractivity contribution is 5.84. The normalized spacial score (nSPS) is 14.1. The van der Waals surface area contributed by atoms with E-state index in [1.807, 2.05) is 18.9 Å². The summed E-state index contributed by atoms with van der Waals surface area (Å²) in [4.78, 5) is 14.8. The number of methoxy groups -OCH3 is 1. The zero-order chi connectivity index (χ0) is 17.1. The van der Waals surface area contributed by atoms with Gasteiger partial charge in [-0.15, -0.1) is 0 Å². The molecule has 0 saturated heterocycles. The van der Waals surface area contributed by atoms with Crippen molar-refractivity contribution in [3.63, 3.8) is 0 Å². The Balaban J connectivity index is 1.87. The maximum atomic E-state index is 12.9. The van der Waals surface area contributed by atoms with Crippen molar-refractivity contribution in [3.05, 3.63) is 59.7 Å². The number of ether oxygens (including phenoxy) is 1. The van der Waals surface area contributed by atoms with Gasteiger partial charge in [0.25, 0.3) is 0 Å². The molecule has 3 rings (SSSR count). The minimum Gasteiger partial charge on any atom is -0.385 e. The average molecular weight is 323 g/mol.